The molecule has 1 saturated heterocycles. The molecular weight excluding hydrogens is 188 g/mol. The molecule has 0 aliphatic carbocycles. The summed E-state index contributed by atoms with van der Waals surface area (Å²) in [6.45, 7) is -0.445. The second kappa shape index (κ2) is 2.82. The second-order valence-corrected chi connectivity index (χ2v) is 2.67. The molecule has 0 spiro atoms. The van der Waals surface area contributed by atoms with Gasteiger partial charge in [0.15, 0.2) is 6.17 Å². The molecule has 5 nitrogen and oxygen atoms in total. The van der Waals surface area contributed by atoms with Crippen LogP contribution in [0.1, 0.15) is 6.42 Å². The van der Waals surface area contributed by atoms with E-state index in [2.05, 4.69) is 0 Å². The number of alkyl halides is 2. The number of hydrogen-bond donors (Lipinski definition) is 2. The first-order valence-corrected chi connectivity index (χ1v) is 3.47. The molecule has 1 aliphatic heterocycles. The summed E-state index contributed by atoms with van der Waals surface area (Å²) in [7, 11) is 0. The van der Waals surface area contributed by atoms with Crippen molar-refractivity contribution in [1.82, 2.24) is 4.90 Å². The van der Waals surface area contributed by atoms with E-state index >= 15 is 0 Å². The Hall–Kier alpha value is -1.40. The van der Waals surface area contributed by atoms with Crippen molar-refractivity contribution < 1.29 is 28.6 Å². The van der Waals surface area contributed by atoms with Crippen LogP contribution >= 0.6 is 0 Å². The fraction of sp³-hybridized carbons (Fsp3) is 0.667. The van der Waals surface area contributed by atoms with E-state index < -0.39 is 37.0 Å². The van der Waals surface area contributed by atoms with E-state index in [1.165, 1.54) is 0 Å². The number of hydrogen-bond acceptors (Lipinski definition) is 2. The standard InChI is InChI=1S/C6H7F2NO4/c7-3-1-2-9(5(12)13)6(3,8)4(10)11/h3H,1-2H2,(H,10,11)(H,12,13). The predicted octanol–water partition coefficient (Wildman–Crippen LogP) is 0.459. The van der Waals surface area contributed by atoms with E-state index in [1.807, 2.05) is 0 Å². The summed E-state index contributed by atoms with van der Waals surface area (Å²) >= 11 is 0. The number of aliphatic carboxylic acids is 1. The van der Waals surface area contributed by atoms with Gasteiger partial charge in [0, 0.05) is 13.0 Å². The Morgan fingerprint density at radius 2 is 2.00 bits per heavy atom. The van der Waals surface area contributed by atoms with Crippen molar-refractivity contribution in [2.45, 2.75) is 18.4 Å². The van der Waals surface area contributed by atoms with Crippen LogP contribution in [-0.2, 0) is 4.79 Å². The van der Waals surface area contributed by atoms with Crippen LogP contribution in [0.5, 0.6) is 0 Å². The first-order chi connectivity index (χ1) is 5.90. The van der Waals surface area contributed by atoms with Crippen molar-refractivity contribution >= 4 is 12.1 Å². The maximum atomic E-state index is 13.3. The lowest BCUT2D eigenvalue weighted by atomic mass is 10.1. The zero-order valence-electron chi connectivity index (χ0n) is 6.41. The van der Waals surface area contributed by atoms with Crippen LogP contribution in [0, 0.1) is 0 Å². The number of rotatable bonds is 1. The zero-order chi connectivity index (χ0) is 10.2. The summed E-state index contributed by atoms with van der Waals surface area (Å²) in [6, 6.07) is 0. The molecule has 1 heterocycles. The first kappa shape index (κ1) is 9.69. The van der Waals surface area contributed by atoms with E-state index in [1.54, 1.807) is 0 Å². The van der Waals surface area contributed by atoms with Gasteiger partial charge in [0.25, 0.3) is 0 Å². The molecule has 0 bridgehead atoms. The van der Waals surface area contributed by atoms with Gasteiger partial charge in [-0.2, -0.15) is 0 Å². The van der Waals surface area contributed by atoms with Crippen LogP contribution in [0.15, 0.2) is 0 Å². The van der Waals surface area contributed by atoms with Gasteiger partial charge in [-0.15, -0.1) is 0 Å². The van der Waals surface area contributed by atoms with Crippen LogP contribution in [0.4, 0.5) is 13.6 Å². The summed E-state index contributed by atoms with van der Waals surface area (Å²) in [4.78, 5) is 20.6. The number of likely N-dealkylation sites (tertiary alicyclic amines) is 1. The predicted molar refractivity (Wildman–Crippen MR) is 35.7 cm³/mol. The van der Waals surface area contributed by atoms with Gasteiger partial charge in [-0.25, -0.2) is 18.4 Å². The molecule has 1 fully saturated rings. The number of carbonyl (C=O) groups is 2. The van der Waals surface area contributed by atoms with Crippen molar-refractivity contribution in [3.05, 3.63) is 0 Å². The lowest BCUT2D eigenvalue weighted by Gasteiger charge is -2.25. The molecule has 0 aromatic heterocycles. The highest BCUT2D eigenvalue weighted by Crippen LogP contribution is 2.33. The van der Waals surface area contributed by atoms with Crippen LogP contribution in [0.2, 0.25) is 0 Å². The van der Waals surface area contributed by atoms with Crippen LogP contribution < -0.4 is 0 Å². The lowest BCUT2D eigenvalue weighted by Crippen LogP contribution is -2.53. The van der Waals surface area contributed by atoms with E-state index in [0.29, 0.717) is 0 Å². The Morgan fingerprint density at radius 1 is 1.46 bits per heavy atom. The van der Waals surface area contributed by atoms with Crippen molar-refractivity contribution in [3.63, 3.8) is 0 Å². The van der Waals surface area contributed by atoms with Crippen molar-refractivity contribution in [2.75, 3.05) is 6.54 Å². The third kappa shape index (κ3) is 1.20. The van der Waals surface area contributed by atoms with Crippen molar-refractivity contribution in [3.8, 4) is 0 Å². The minimum atomic E-state index is -3.42. The minimum Gasteiger partial charge on any atom is -0.477 e. The smallest absolute Gasteiger partial charge is 0.410 e. The maximum Gasteiger partial charge on any atom is 0.410 e. The summed E-state index contributed by atoms with van der Waals surface area (Å²) in [5.41, 5.74) is 0. The Balaban J connectivity index is 3.01. The molecule has 2 N–H and O–H groups in total. The highest BCUT2D eigenvalue weighted by molar-refractivity contribution is 5.83. The molecule has 0 radical (unpaired) electrons. The first-order valence-electron chi connectivity index (χ1n) is 3.47. The molecule has 0 saturated carbocycles. The Labute approximate surface area is 71.6 Å². The highest BCUT2D eigenvalue weighted by atomic mass is 19.2. The second-order valence-electron chi connectivity index (χ2n) is 2.67. The van der Waals surface area contributed by atoms with Crippen LogP contribution in [0.3, 0.4) is 0 Å². The Kier molecular flexibility index (Phi) is 2.10. The van der Waals surface area contributed by atoms with E-state index in [4.69, 9.17) is 10.2 Å². The van der Waals surface area contributed by atoms with Gasteiger partial charge in [0.05, 0.1) is 0 Å². The average molecular weight is 195 g/mol. The van der Waals surface area contributed by atoms with E-state index in [0.717, 1.165) is 0 Å². The third-order valence-electron chi connectivity index (χ3n) is 1.94. The summed E-state index contributed by atoms with van der Waals surface area (Å²) in [6.07, 6.45) is -4.51. The summed E-state index contributed by atoms with van der Waals surface area (Å²) in [5.74, 6) is -5.54. The topological polar surface area (TPSA) is 77.8 Å². The SMILES string of the molecule is O=C(O)N1CCC(F)C1(F)C(=O)O. The normalized spacial score (nSPS) is 33.4. The molecule has 1 rings (SSSR count). The molecule has 1 amide bonds. The van der Waals surface area contributed by atoms with Gasteiger partial charge in [-0.3, -0.25) is 4.90 Å². The average Bonchev–Trinajstić information content (AvgIpc) is 2.30. The molecular formula is C6H7F2NO4. The van der Waals surface area contributed by atoms with Gasteiger partial charge in [-0.05, 0) is 0 Å². The largest absolute Gasteiger partial charge is 0.477 e. The molecule has 74 valence electrons. The van der Waals surface area contributed by atoms with Crippen molar-refractivity contribution in [2.24, 2.45) is 0 Å². The number of halogens is 2. The molecule has 2 unspecified atom stereocenters. The quantitative estimate of drug-likeness (QED) is 0.596. The number of nitrogens with zero attached hydrogens (tertiary/aromatic N) is 1. The van der Waals surface area contributed by atoms with E-state index in [9.17, 15) is 18.4 Å². The van der Waals surface area contributed by atoms with Gasteiger partial charge >= 0.3 is 17.9 Å². The number of carboxylic acids is 1. The lowest BCUT2D eigenvalue weighted by molar-refractivity contribution is -0.165. The zero-order valence-corrected chi connectivity index (χ0v) is 6.41. The van der Waals surface area contributed by atoms with Crippen LogP contribution in [-0.4, -0.2) is 45.7 Å². The highest BCUT2D eigenvalue weighted by Gasteiger charge is 2.59. The molecule has 2 atom stereocenters. The maximum absolute atomic E-state index is 13.3. The Morgan fingerprint density at radius 3 is 2.31 bits per heavy atom. The van der Waals surface area contributed by atoms with Gasteiger partial charge in [0.2, 0.25) is 0 Å². The van der Waals surface area contributed by atoms with Gasteiger partial charge < -0.3 is 10.2 Å². The van der Waals surface area contributed by atoms with Gasteiger partial charge in [0.1, 0.15) is 0 Å². The molecule has 13 heavy (non-hydrogen) atoms. The van der Waals surface area contributed by atoms with Crippen molar-refractivity contribution in [1.29, 1.82) is 0 Å². The number of carboxylic acid groups (broad SMARTS) is 2. The summed E-state index contributed by atoms with van der Waals surface area (Å²) < 4.78 is 26.1. The Bertz CT molecular complexity index is 259. The minimum absolute atomic E-state index is 0.0417. The van der Waals surface area contributed by atoms with E-state index in [-0.39, 0.29) is 4.90 Å². The fourth-order valence-electron chi connectivity index (χ4n) is 1.25. The third-order valence-corrected chi connectivity index (χ3v) is 1.94. The summed E-state index contributed by atoms with van der Waals surface area (Å²) in [5, 5.41) is 16.7. The van der Waals surface area contributed by atoms with Crippen LogP contribution in [0.25, 0.3) is 0 Å². The number of amides is 1. The molecule has 7 heteroatoms. The molecule has 0 aromatic carbocycles. The monoisotopic (exact) mass is 195 g/mol. The fourth-order valence-corrected chi connectivity index (χ4v) is 1.25. The molecule has 0 aromatic rings. The van der Waals surface area contributed by atoms with Gasteiger partial charge in [-0.1, -0.05) is 0 Å². The molecule has 1 aliphatic rings.